The van der Waals surface area contributed by atoms with Crippen molar-refractivity contribution in [1.29, 1.82) is 0 Å². The summed E-state index contributed by atoms with van der Waals surface area (Å²) < 4.78 is 16.7. The molecule has 2 N–H and O–H groups in total. The van der Waals surface area contributed by atoms with Crippen molar-refractivity contribution in [2.24, 2.45) is 0 Å². The number of nitrogens with zero attached hydrogens (tertiary/aromatic N) is 4. The molecule has 0 radical (unpaired) electrons. The summed E-state index contributed by atoms with van der Waals surface area (Å²) in [7, 11) is 2.02. The first-order valence-corrected chi connectivity index (χ1v) is 16.7. The number of benzene rings is 2. The average molecular weight is 663 g/mol. The number of rotatable bonds is 8. The summed E-state index contributed by atoms with van der Waals surface area (Å²) in [5.41, 5.74) is 0.483. The second-order valence-corrected chi connectivity index (χ2v) is 14.7. The molecule has 3 aliphatic heterocycles. The number of nitrogens with one attached hydrogen (secondary N) is 2. The molecule has 11 nitrogen and oxygen atoms in total. The number of likely N-dealkylation sites (N-methyl/N-ethyl adjacent to an activating group) is 1. The fourth-order valence-corrected chi connectivity index (χ4v) is 8.61. The number of thioether (sulfide) groups is 1. The lowest BCUT2D eigenvalue weighted by atomic mass is 9.93. The zero-order valence-corrected chi connectivity index (χ0v) is 27.9. The number of hydrogen-bond acceptors (Lipinski definition) is 8. The van der Waals surface area contributed by atoms with Gasteiger partial charge in [-0.1, -0.05) is 30.3 Å². The number of amides is 3. The number of anilines is 1. The summed E-state index contributed by atoms with van der Waals surface area (Å²) in [6, 6.07) is 8.66. The highest BCUT2D eigenvalue weighted by molar-refractivity contribution is 8.01. The molecule has 0 saturated carbocycles. The van der Waals surface area contributed by atoms with E-state index in [1.807, 2.05) is 32.7 Å². The Kier molecular flexibility index (Phi) is 8.64. The van der Waals surface area contributed by atoms with E-state index in [1.165, 1.54) is 35.8 Å². The van der Waals surface area contributed by atoms with Crippen LogP contribution >= 0.6 is 11.8 Å². The van der Waals surface area contributed by atoms with Gasteiger partial charge in [0.15, 0.2) is 5.78 Å². The summed E-state index contributed by atoms with van der Waals surface area (Å²) in [5.74, 6) is -2.47. The van der Waals surface area contributed by atoms with Gasteiger partial charge in [0.05, 0.1) is 11.2 Å². The second kappa shape index (κ2) is 12.4. The summed E-state index contributed by atoms with van der Waals surface area (Å²) in [6.45, 7) is 10.4. The van der Waals surface area contributed by atoms with E-state index in [4.69, 9.17) is 0 Å². The summed E-state index contributed by atoms with van der Waals surface area (Å²) in [4.78, 5) is 72.5. The standard InChI is InChI=1S/C34H39FN6O5S/c1-6-39-18-22(28(43)21-16-23(35)25(17-24(21)39)40-14-12-38(5)13-15-40)30(44)36-26(20-10-8-7-9-11-20)31(45)37-27-32(46)41-29(19(2)42)34(3,4)47-33(27)41/h7-11,16-18,26-27,29,33H,6,12-15H2,1-5H3,(H,36,44)(H,37,45). The van der Waals surface area contributed by atoms with Crippen molar-refractivity contribution in [2.75, 3.05) is 38.1 Å². The topological polar surface area (TPSA) is 124 Å². The van der Waals surface area contributed by atoms with Gasteiger partial charge in [-0.15, -0.1) is 11.8 Å². The van der Waals surface area contributed by atoms with Gasteiger partial charge < -0.3 is 29.9 Å². The Morgan fingerprint density at radius 3 is 2.38 bits per heavy atom. The minimum Gasteiger partial charge on any atom is -0.367 e. The highest BCUT2D eigenvalue weighted by Crippen LogP contribution is 2.51. The van der Waals surface area contributed by atoms with Crippen molar-refractivity contribution in [3.8, 4) is 0 Å². The monoisotopic (exact) mass is 662 g/mol. The molecule has 248 valence electrons. The van der Waals surface area contributed by atoms with Crippen LogP contribution in [-0.2, 0) is 20.9 Å². The van der Waals surface area contributed by atoms with Gasteiger partial charge in [-0.05, 0) is 52.4 Å². The third-order valence-electron chi connectivity index (χ3n) is 9.37. The first-order valence-electron chi connectivity index (χ1n) is 15.8. The summed E-state index contributed by atoms with van der Waals surface area (Å²) in [6.07, 6.45) is 1.44. The molecule has 47 heavy (non-hydrogen) atoms. The lowest BCUT2D eigenvalue weighted by Gasteiger charge is -2.44. The molecule has 3 saturated heterocycles. The quantitative estimate of drug-likeness (QED) is 0.353. The van der Waals surface area contributed by atoms with Crippen molar-refractivity contribution in [1.82, 2.24) is 25.0 Å². The minimum absolute atomic E-state index is 0.0663. The van der Waals surface area contributed by atoms with Gasteiger partial charge in [0, 0.05) is 49.1 Å². The number of carbonyl (C=O) groups is 4. The predicted molar refractivity (Wildman–Crippen MR) is 179 cm³/mol. The molecule has 3 fully saturated rings. The molecular formula is C34H39FN6O5S. The SMILES string of the molecule is CCn1cc(C(=O)NC(C(=O)NC2C(=O)N3C2SC(C)(C)C3C(C)=O)c2ccccc2)c(=O)c2cc(F)c(N3CCN(C)CC3)cc21. The van der Waals surface area contributed by atoms with Crippen molar-refractivity contribution >= 4 is 51.9 Å². The lowest BCUT2D eigenvalue weighted by Crippen LogP contribution is -2.71. The Labute approximate surface area is 276 Å². The van der Waals surface area contributed by atoms with Crippen LogP contribution in [0.25, 0.3) is 10.9 Å². The Morgan fingerprint density at radius 1 is 1.06 bits per heavy atom. The van der Waals surface area contributed by atoms with Crippen LogP contribution in [0.2, 0.25) is 0 Å². The molecule has 1 aromatic heterocycles. The molecule has 0 bridgehead atoms. The van der Waals surface area contributed by atoms with Crippen LogP contribution in [0.15, 0.2) is 53.5 Å². The molecule has 3 aromatic rings. The van der Waals surface area contributed by atoms with Crippen LogP contribution in [0.4, 0.5) is 10.1 Å². The van der Waals surface area contributed by atoms with Crippen molar-refractivity contribution in [2.45, 2.75) is 62.5 Å². The number of halogens is 1. The van der Waals surface area contributed by atoms with E-state index in [-0.39, 0.29) is 22.6 Å². The lowest BCUT2D eigenvalue weighted by molar-refractivity contribution is -0.154. The van der Waals surface area contributed by atoms with E-state index >= 15 is 4.39 Å². The zero-order chi connectivity index (χ0) is 33.8. The van der Waals surface area contributed by atoms with E-state index in [0.29, 0.717) is 36.4 Å². The van der Waals surface area contributed by atoms with Crippen LogP contribution < -0.4 is 21.0 Å². The summed E-state index contributed by atoms with van der Waals surface area (Å²) >= 11 is 1.45. The normalized spacial score (nSPS) is 22.9. The number of hydrogen-bond donors (Lipinski definition) is 2. The number of aryl methyl sites for hydroxylation is 1. The fraction of sp³-hybridized carbons (Fsp3) is 0.441. The van der Waals surface area contributed by atoms with E-state index in [2.05, 4.69) is 15.5 Å². The highest BCUT2D eigenvalue weighted by Gasteiger charge is 2.63. The molecule has 2 aromatic carbocycles. The molecule has 4 atom stereocenters. The molecular weight excluding hydrogens is 623 g/mol. The molecule has 3 amide bonds. The molecule has 4 heterocycles. The van der Waals surface area contributed by atoms with Crippen molar-refractivity contribution in [3.63, 3.8) is 0 Å². The number of β-lactam (4-membered cyclic amide) rings is 1. The Hall–Kier alpha value is -4.23. The van der Waals surface area contributed by atoms with Crippen molar-refractivity contribution < 1.29 is 23.6 Å². The maximum absolute atomic E-state index is 15.5. The van der Waals surface area contributed by atoms with Crippen LogP contribution in [0.3, 0.4) is 0 Å². The fourth-order valence-electron chi connectivity index (χ4n) is 6.92. The third kappa shape index (κ3) is 5.80. The van der Waals surface area contributed by atoms with Gasteiger partial charge in [-0.3, -0.25) is 24.0 Å². The first-order chi connectivity index (χ1) is 22.3. The van der Waals surface area contributed by atoms with E-state index in [9.17, 15) is 24.0 Å². The number of piperazine rings is 1. The van der Waals surface area contributed by atoms with Gasteiger partial charge >= 0.3 is 0 Å². The largest absolute Gasteiger partial charge is 0.367 e. The smallest absolute Gasteiger partial charge is 0.257 e. The maximum Gasteiger partial charge on any atom is 0.257 e. The van der Waals surface area contributed by atoms with Crippen LogP contribution in [0, 0.1) is 5.82 Å². The van der Waals surface area contributed by atoms with Crippen LogP contribution in [-0.4, -0.2) is 93.3 Å². The highest BCUT2D eigenvalue weighted by atomic mass is 32.2. The maximum atomic E-state index is 15.5. The number of carbonyl (C=O) groups excluding carboxylic acids is 4. The van der Waals surface area contributed by atoms with Gasteiger partial charge in [0.2, 0.25) is 17.2 Å². The first kappa shape index (κ1) is 32.7. The number of Topliss-reactive ketones (excluding diaryl/α,β-unsaturated/α-hetero) is 1. The Morgan fingerprint density at radius 2 is 1.74 bits per heavy atom. The summed E-state index contributed by atoms with van der Waals surface area (Å²) in [5, 5.41) is 5.13. The average Bonchev–Trinajstić information content (AvgIpc) is 3.31. The Bertz CT molecular complexity index is 1820. The van der Waals surface area contributed by atoms with E-state index in [0.717, 1.165) is 13.1 Å². The Balaban J connectivity index is 1.28. The zero-order valence-electron chi connectivity index (χ0n) is 27.1. The van der Waals surface area contributed by atoms with E-state index < -0.39 is 51.3 Å². The van der Waals surface area contributed by atoms with Crippen LogP contribution in [0.5, 0.6) is 0 Å². The number of ketones is 1. The molecule has 0 aliphatic carbocycles. The minimum atomic E-state index is -1.24. The van der Waals surface area contributed by atoms with Crippen molar-refractivity contribution in [3.05, 3.63) is 75.8 Å². The molecule has 4 unspecified atom stereocenters. The number of pyridine rings is 1. The molecule has 3 aliphatic rings. The van der Waals surface area contributed by atoms with Gasteiger partial charge in [0.1, 0.15) is 34.9 Å². The van der Waals surface area contributed by atoms with E-state index in [1.54, 1.807) is 41.0 Å². The predicted octanol–water partition coefficient (Wildman–Crippen LogP) is 2.52. The van der Waals surface area contributed by atoms with Gasteiger partial charge in [0.25, 0.3) is 5.91 Å². The van der Waals surface area contributed by atoms with Crippen LogP contribution in [0.1, 0.15) is 49.7 Å². The molecule has 6 rings (SSSR count). The van der Waals surface area contributed by atoms with Gasteiger partial charge in [-0.25, -0.2) is 4.39 Å². The molecule has 13 heteroatoms. The second-order valence-electron chi connectivity index (χ2n) is 12.9. The number of fused-ring (bicyclic) bond motifs is 2. The molecule has 0 spiro atoms. The van der Waals surface area contributed by atoms with Gasteiger partial charge in [-0.2, -0.15) is 0 Å². The third-order valence-corrected chi connectivity index (χ3v) is 10.9. The number of aromatic nitrogens is 1.